The van der Waals surface area contributed by atoms with Gasteiger partial charge in [-0.2, -0.15) is 0 Å². The third kappa shape index (κ3) is 4.17. The molecule has 0 saturated heterocycles. The molecule has 2 rings (SSSR count). The van der Waals surface area contributed by atoms with Gasteiger partial charge in [0.2, 0.25) is 0 Å². The SMILES string of the molecule is COc1cc(CNc2ccc(Cl)cc2I)cc(Br)c1OC. The molecule has 0 aromatic heterocycles. The fourth-order valence-electron chi connectivity index (χ4n) is 1.90. The highest BCUT2D eigenvalue weighted by Crippen LogP contribution is 2.36. The summed E-state index contributed by atoms with van der Waals surface area (Å²) in [6, 6.07) is 9.74. The number of ether oxygens (including phenoxy) is 2. The number of rotatable bonds is 5. The molecule has 0 fully saturated rings. The molecule has 0 amide bonds. The molecule has 3 nitrogen and oxygen atoms in total. The quantitative estimate of drug-likeness (QED) is 0.584. The Hall–Kier alpha value is -0.660. The van der Waals surface area contributed by atoms with Gasteiger partial charge in [-0.05, 0) is 74.4 Å². The van der Waals surface area contributed by atoms with E-state index in [1.807, 2.05) is 30.3 Å². The minimum absolute atomic E-state index is 0.677. The molecule has 0 saturated carbocycles. The Morgan fingerprint density at radius 2 is 1.95 bits per heavy atom. The first kappa shape index (κ1) is 16.7. The first-order valence-corrected chi connectivity index (χ1v) is 8.39. The largest absolute Gasteiger partial charge is 0.493 e. The van der Waals surface area contributed by atoms with Crippen LogP contribution in [0.15, 0.2) is 34.8 Å². The highest BCUT2D eigenvalue weighted by atomic mass is 127. The van der Waals surface area contributed by atoms with E-state index in [1.165, 1.54) is 0 Å². The molecular weight excluding hydrogens is 468 g/mol. The molecule has 1 N–H and O–H groups in total. The molecule has 0 aliphatic carbocycles. The molecule has 112 valence electrons. The maximum Gasteiger partial charge on any atom is 0.174 e. The number of methoxy groups -OCH3 is 2. The minimum Gasteiger partial charge on any atom is -0.493 e. The second-order valence-electron chi connectivity index (χ2n) is 4.29. The van der Waals surface area contributed by atoms with E-state index in [4.69, 9.17) is 21.1 Å². The maximum absolute atomic E-state index is 5.96. The zero-order chi connectivity index (χ0) is 15.4. The van der Waals surface area contributed by atoms with E-state index >= 15 is 0 Å². The number of benzene rings is 2. The lowest BCUT2D eigenvalue weighted by molar-refractivity contribution is 0.352. The topological polar surface area (TPSA) is 30.5 Å². The van der Waals surface area contributed by atoms with Crippen molar-refractivity contribution in [3.05, 3.63) is 49.0 Å². The molecule has 0 unspecified atom stereocenters. The van der Waals surface area contributed by atoms with Crippen molar-refractivity contribution in [2.75, 3.05) is 19.5 Å². The van der Waals surface area contributed by atoms with E-state index in [1.54, 1.807) is 14.2 Å². The molecule has 0 heterocycles. The predicted octanol–water partition coefficient (Wildman–Crippen LogP) is 5.34. The van der Waals surface area contributed by atoms with Gasteiger partial charge in [-0.15, -0.1) is 0 Å². The van der Waals surface area contributed by atoms with Crippen LogP contribution in [-0.4, -0.2) is 14.2 Å². The summed E-state index contributed by atoms with van der Waals surface area (Å²) in [5, 5.41) is 4.12. The predicted molar refractivity (Wildman–Crippen MR) is 98.7 cm³/mol. The van der Waals surface area contributed by atoms with Gasteiger partial charge in [0.05, 0.1) is 18.7 Å². The van der Waals surface area contributed by atoms with Gasteiger partial charge in [0.15, 0.2) is 11.5 Å². The Labute approximate surface area is 151 Å². The van der Waals surface area contributed by atoms with Gasteiger partial charge >= 0.3 is 0 Å². The van der Waals surface area contributed by atoms with Crippen LogP contribution in [0.25, 0.3) is 0 Å². The highest BCUT2D eigenvalue weighted by molar-refractivity contribution is 14.1. The van der Waals surface area contributed by atoms with Crippen molar-refractivity contribution in [3.8, 4) is 11.5 Å². The lowest BCUT2D eigenvalue weighted by atomic mass is 10.2. The van der Waals surface area contributed by atoms with Crippen molar-refractivity contribution in [2.24, 2.45) is 0 Å². The zero-order valence-electron chi connectivity index (χ0n) is 11.5. The summed E-state index contributed by atoms with van der Waals surface area (Å²) >= 11 is 11.7. The summed E-state index contributed by atoms with van der Waals surface area (Å²) in [4.78, 5) is 0. The number of hydrogen-bond donors (Lipinski definition) is 1. The normalized spacial score (nSPS) is 10.3. The monoisotopic (exact) mass is 481 g/mol. The van der Waals surface area contributed by atoms with Crippen LogP contribution in [0.4, 0.5) is 5.69 Å². The van der Waals surface area contributed by atoms with Crippen LogP contribution in [0.2, 0.25) is 5.02 Å². The Balaban J connectivity index is 2.18. The number of hydrogen-bond acceptors (Lipinski definition) is 3. The molecule has 0 bridgehead atoms. The Morgan fingerprint density at radius 1 is 1.19 bits per heavy atom. The van der Waals surface area contributed by atoms with Gasteiger partial charge in [-0.25, -0.2) is 0 Å². The fourth-order valence-corrected chi connectivity index (χ4v) is 3.62. The summed E-state index contributed by atoms with van der Waals surface area (Å²) in [5.41, 5.74) is 2.14. The summed E-state index contributed by atoms with van der Waals surface area (Å²) < 4.78 is 12.6. The Kier molecular flexibility index (Phi) is 6.01. The van der Waals surface area contributed by atoms with Crippen molar-refractivity contribution in [2.45, 2.75) is 6.54 Å². The van der Waals surface area contributed by atoms with Crippen LogP contribution in [-0.2, 0) is 6.54 Å². The van der Waals surface area contributed by atoms with Gasteiger partial charge in [0.1, 0.15) is 0 Å². The Morgan fingerprint density at radius 3 is 2.57 bits per heavy atom. The molecule has 21 heavy (non-hydrogen) atoms. The third-order valence-corrected chi connectivity index (χ3v) is 4.62. The van der Waals surface area contributed by atoms with Crippen molar-refractivity contribution >= 4 is 55.8 Å². The van der Waals surface area contributed by atoms with Crippen LogP contribution in [0.3, 0.4) is 0 Å². The molecular formula is C15H14BrClINO2. The summed E-state index contributed by atoms with van der Waals surface area (Å²) in [5.74, 6) is 1.40. The van der Waals surface area contributed by atoms with E-state index in [9.17, 15) is 0 Å². The van der Waals surface area contributed by atoms with E-state index in [0.717, 1.165) is 24.3 Å². The van der Waals surface area contributed by atoms with Gasteiger partial charge in [-0.3, -0.25) is 0 Å². The average Bonchev–Trinajstić information content (AvgIpc) is 2.45. The van der Waals surface area contributed by atoms with Crippen LogP contribution in [0.1, 0.15) is 5.56 Å². The molecule has 0 spiro atoms. The van der Waals surface area contributed by atoms with E-state index in [2.05, 4.69) is 43.8 Å². The molecule has 0 aliphatic rings. The van der Waals surface area contributed by atoms with Crippen LogP contribution < -0.4 is 14.8 Å². The number of nitrogens with one attached hydrogen (secondary N) is 1. The van der Waals surface area contributed by atoms with Crippen molar-refractivity contribution in [1.82, 2.24) is 0 Å². The minimum atomic E-state index is 0.677. The smallest absolute Gasteiger partial charge is 0.174 e. The number of anilines is 1. The summed E-state index contributed by atoms with van der Waals surface area (Å²) in [6.45, 7) is 0.677. The van der Waals surface area contributed by atoms with Gasteiger partial charge in [0.25, 0.3) is 0 Å². The van der Waals surface area contributed by atoms with E-state index in [-0.39, 0.29) is 0 Å². The van der Waals surface area contributed by atoms with Gasteiger partial charge in [0, 0.05) is 20.8 Å². The zero-order valence-corrected chi connectivity index (χ0v) is 16.0. The number of halogens is 3. The standard InChI is InChI=1S/C15H14BrClINO2/c1-20-14-6-9(5-11(16)15(14)21-2)8-19-13-4-3-10(17)7-12(13)18/h3-7,19H,8H2,1-2H3. The molecule has 2 aromatic carbocycles. The molecule has 0 aliphatic heterocycles. The fraction of sp³-hybridized carbons (Fsp3) is 0.200. The molecule has 2 aromatic rings. The van der Waals surface area contributed by atoms with E-state index in [0.29, 0.717) is 18.0 Å². The highest BCUT2D eigenvalue weighted by Gasteiger charge is 2.10. The van der Waals surface area contributed by atoms with Crippen molar-refractivity contribution in [1.29, 1.82) is 0 Å². The van der Waals surface area contributed by atoms with Gasteiger partial charge in [-0.1, -0.05) is 11.6 Å². The summed E-state index contributed by atoms with van der Waals surface area (Å²) in [7, 11) is 3.25. The average molecular weight is 483 g/mol. The maximum atomic E-state index is 5.96. The first-order chi connectivity index (χ1) is 10.0. The second kappa shape index (κ2) is 7.56. The third-order valence-electron chi connectivity index (χ3n) is 2.91. The molecule has 0 radical (unpaired) electrons. The van der Waals surface area contributed by atoms with Crippen molar-refractivity contribution in [3.63, 3.8) is 0 Å². The lowest BCUT2D eigenvalue weighted by Gasteiger charge is -2.13. The van der Waals surface area contributed by atoms with Crippen LogP contribution in [0.5, 0.6) is 11.5 Å². The first-order valence-electron chi connectivity index (χ1n) is 6.14. The Bertz CT molecular complexity index is 652. The van der Waals surface area contributed by atoms with E-state index < -0.39 is 0 Å². The van der Waals surface area contributed by atoms with Crippen LogP contribution in [0, 0.1) is 3.57 Å². The van der Waals surface area contributed by atoms with Crippen LogP contribution >= 0.6 is 50.1 Å². The van der Waals surface area contributed by atoms with Crippen molar-refractivity contribution < 1.29 is 9.47 Å². The molecule has 0 atom stereocenters. The summed E-state index contributed by atoms with van der Waals surface area (Å²) in [6.07, 6.45) is 0. The lowest BCUT2D eigenvalue weighted by Crippen LogP contribution is -2.02. The second-order valence-corrected chi connectivity index (χ2v) is 6.74. The molecule has 6 heteroatoms. The van der Waals surface area contributed by atoms with Gasteiger partial charge < -0.3 is 14.8 Å².